The molecule has 0 fully saturated rings. The highest BCUT2D eigenvalue weighted by molar-refractivity contribution is 5.73. The van der Waals surface area contributed by atoms with Gasteiger partial charge in [-0.15, -0.1) is 0 Å². The summed E-state index contributed by atoms with van der Waals surface area (Å²) in [4.78, 5) is 15.8. The summed E-state index contributed by atoms with van der Waals surface area (Å²) in [6.07, 6.45) is 2.36. The third-order valence-electron chi connectivity index (χ3n) is 3.09. The van der Waals surface area contributed by atoms with Gasteiger partial charge in [-0.25, -0.2) is 4.98 Å². The Balaban J connectivity index is 3.06. The number of imidazole rings is 1. The fraction of sp³-hybridized carbons (Fsp3) is 0.692. The fourth-order valence-electron chi connectivity index (χ4n) is 2.06. The van der Waals surface area contributed by atoms with Crippen LogP contribution in [-0.2, 0) is 9.53 Å². The summed E-state index contributed by atoms with van der Waals surface area (Å²) in [6.45, 7) is 7.78. The summed E-state index contributed by atoms with van der Waals surface area (Å²) in [5.41, 5.74) is 0.647. The molecule has 0 aliphatic carbocycles. The number of ether oxygens (including phenoxy) is 1. The number of carbonyl (C=O) groups excluding carboxylic acids is 1. The Morgan fingerprint density at radius 3 is 2.44 bits per heavy atom. The summed E-state index contributed by atoms with van der Waals surface area (Å²) in [5.74, 6) is -0.985. The lowest BCUT2D eigenvalue weighted by molar-refractivity contribution is -0.152. The van der Waals surface area contributed by atoms with Gasteiger partial charge in [0.1, 0.15) is 6.10 Å². The van der Waals surface area contributed by atoms with Gasteiger partial charge in [0.2, 0.25) is 0 Å². The van der Waals surface area contributed by atoms with Crippen molar-refractivity contribution in [2.45, 2.75) is 39.8 Å². The summed E-state index contributed by atoms with van der Waals surface area (Å²) < 4.78 is 6.63. The second kappa shape index (κ2) is 6.00. The Morgan fingerprint density at radius 2 is 2.00 bits per heavy atom. The molecular weight excluding hydrogens is 232 g/mol. The van der Waals surface area contributed by atoms with E-state index in [0.29, 0.717) is 5.69 Å². The predicted octanol–water partition coefficient (Wildman–Crippen LogP) is 1.94. The number of carbonyl (C=O) groups is 1. The monoisotopic (exact) mass is 254 g/mol. The first-order valence-corrected chi connectivity index (χ1v) is 6.17. The van der Waals surface area contributed by atoms with E-state index in [1.165, 1.54) is 7.11 Å². The largest absolute Gasteiger partial charge is 0.469 e. The first-order valence-electron chi connectivity index (χ1n) is 6.17. The molecule has 5 nitrogen and oxygen atoms in total. The second-order valence-electron chi connectivity index (χ2n) is 5.06. The molecular formula is C13H22N2O3. The smallest absolute Gasteiger partial charge is 0.311 e. The minimum Gasteiger partial charge on any atom is -0.469 e. The molecule has 0 saturated heterocycles. The summed E-state index contributed by atoms with van der Waals surface area (Å²) in [7, 11) is 1.34. The van der Waals surface area contributed by atoms with Crippen molar-refractivity contribution in [3.63, 3.8) is 0 Å². The van der Waals surface area contributed by atoms with Crippen molar-refractivity contribution in [1.29, 1.82) is 0 Å². The van der Waals surface area contributed by atoms with Gasteiger partial charge >= 0.3 is 5.97 Å². The van der Waals surface area contributed by atoms with Crippen LogP contribution in [0.5, 0.6) is 0 Å². The molecule has 5 heteroatoms. The van der Waals surface area contributed by atoms with E-state index in [2.05, 4.69) is 4.98 Å². The van der Waals surface area contributed by atoms with Crippen molar-refractivity contribution in [3.8, 4) is 0 Å². The van der Waals surface area contributed by atoms with E-state index < -0.39 is 18.0 Å². The van der Waals surface area contributed by atoms with Crippen LogP contribution in [0.3, 0.4) is 0 Å². The molecule has 0 aromatic carbocycles. The molecule has 1 N–H and O–H groups in total. The Morgan fingerprint density at radius 1 is 1.39 bits per heavy atom. The second-order valence-corrected chi connectivity index (χ2v) is 5.06. The van der Waals surface area contributed by atoms with E-state index in [-0.39, 0.29) is 12.0 Å². The molecule has 102 valence electrons. The molecule has 0 saturated carbocycles. The lowest BCUT2D eigenvalue weighted by Crippen LogP contribution is -2.29. The number of aromatic nitrogens is 2. The molecule has 18 heavy (non-hydrogen) atoms. The lowest BCUT2D eigenvalue weighted by atomic mass is 9.88. The summed E-state index contributed by atoms with van der Waals surface area (Å²) in [5, 5.41) is 10.4. The normalized spacial score (nSPS) is 14.9. The fourth-order valence-corrected chi connectivity index (χ4v) is 2.06. The Kier molecular flexibility index (Phi) is 4.90. The quantitative estimate of drug-likeness (QED) is 0.816. The SMILES string of the molecule is COC(=O)C(C(C)C)C(O)c1cncn1C(C)C. The molecule has 2 atom stereocenters. The minimum absolute atomic E-state index is 0.0111. The zero-order chi connectivity index (χ0) is 13.9. The van der Waals surface area contributed by atoms with Gasteiger partial charge in [-0.2, -0.15) is 0 Å². The minimum atomic E-state index is -0.901. The van der Waals surface area contributed by atoms with Crippen molar-refractivity contribution >= 4 is 5.97 Å². The van der Waals surface area contributed by atoms with Crippen LogP contribution in [-0.4, -0.2) is 27.7 Å². The molecule has 0 bridgehead atoms. The van der Waals surface area contributed by atoms with Gasteiger partial charge in [0, 0.05) is 6.04 Å². The number of esters is 1. The molecule has 1 aromatic heterocycles. The van der Waals surface area contributed by atoms with Gasteiger partial charge in [0.25, 0.3) is 0 Å². The molecule has 0 aliphatic heterocycles. The van der Waals surface area contributed by atoms with E-state index in [1.807, 2.05) is 32.3 Å². The van der Waals surface area contributed by atoms with Crippen LogP contribution in [0, 0.1) is 11.8 Å². The van der Waals surface area contributed by atoms with Crippen molar-refractivity contribution in [2.24, 2.45) is 11.8 Å². The third-order valence-corrected chi connectivity index (χ3v) is 3.09. The van der Waals surface area contributed by atoms with Crippen molar-refractivity contribution in [1.82, 2.24) is 9.55 Å². The van der Waals surface area contributed by atoms with E-state index in [4.69, 9.17) is 4.74 Å². The van der Waals surface area contributed by atoms with Gasteiger partial charge in [0.05, 0.1) is 31.2 Å². The average molecular weight is 254 g/mol. The van der Waals surface area contributed by atoms with Crippen molar-refractivity contribution < 1.29 is 14.6 Å². The molecule has 0 aliphatic rings. The number of rotatable bonds is 5. The van der Waals surface area contributed by atoms with Crippen LogP contribution in [0.1, 0.15) is 45.5 Å². The van der Waals surface area contributed by atoms with Crippen LogP contribution in [0.15, 0.2) is 12.5 Å². The zero-order valence-corrected chi connectivity index (χ0v) is 11.6. The highest BCUT2D eigenvalue weighted by atomic mass is 16.5. The number of hydrogen-bond donors (Lipinski definition) is 1. The first kappa shape index (κ1) is 14.7. The number of aliphatic hydroxyl groups excluding tert-OH is 1. The summed E-state index contributed by atoms with van der Waals surface area (Å²) in [6, 6.07) is 0.183. The Hall–Kier alpha value is -1.36. The topological polar surface area (TPSA) is 64.3 Å². The predicted molar refractivity (Wildman–Crippen MR) is 67.9 cm³/mol. The van der Waals surface area contributed by atoms with Crippen LogP contribution in [0.2, 0.25) is 0 Å². The maximum atomic E-state index is 11.8. The van der Waals surface area contributed by atoms with Gasteiger partial charge < -0.3 is 14.4 Å². The number of methoxy groups -OCH3 is 1. The first-order chi connectivity index (χ1) is 8.40. The zero-order valence-electron chi connectivity index (χ0n) is 11.6. The standard InChI is InChI=1S/C13H22N2O3/c1-8(2)11(13(17)18-5)12(16)10-6-14-7-15(10)9(3)4/h6-9,11-12,16H,1-5H3. The molecule has 1 heterocycles. The van der Waals surface area contributed by atoms with Crippen LogP contribution < -0.4 is 0 Å². The van der Waals surface area contributed by atoms with E-state index >= 15 is 0 Å². The van der Waals surface area contributed by atoms with Crippen LogP contribution in [0.4, 0.5) is 0 Å². The number of hydrogen-bond acceptors (Lipinski definition) is 4. The number of nitrogens with zero attached hydrogens (tertiary/aromatic N) is 2. The molecule has 2 unspecified atom stereocenters. The van der Waals surface area contributed by atoms with E-state index in [9.17, 15) is 9.90 Å². The van der Waals surface area contributed by atoms with Crippen molar-refractivity contribution in [2.75, 3.05) is 7.11 Å². The van der Waals surface area contributed by atoms with Crippen LogP contribution in [0.25, 0.3) is 0 Å². The van der Waals surface area contributed by atoms with Crippen molar-refractivity contribution in [3.05, 3.63) is 18.2 Å². The van der Waals surface area contributed by atoms with Crippen LogP contribution >= 0.6 is 0 Å². The highest BCUT2D eigenvalue weighted by Crippen LogP contribution is 2.30. The maximum Gasteiger partial charge on any atom is 0.311 e. The lowest BCUT2D eigenvalue weighted by Gasteiger charge is -2.25. The Bertz CT molecular complexity index is 399. The van der Waals surface area contributed by atoms with Gasteiger partial charge in [-0.05, 0) is 19.8 Å². The summed E-state index contributed by atoms with van der Waals surface area (Å²) >= 11 is 0. The molecule has 0 amide bonds. The number of aliphatic hydroxyl groups is 1. The third kappa shape index (κ3) is 2.90. The van der Waals surface area contributed by atoms with Gasteiger partial charge in [0.15, 0.2) is 0 Å². The van der Waals surface area contributed by atoms with E-state index in [1.54, 1.807) is 12.5 Å². The molecule has 1 aromatic rings. The van der Waals surface area contributed by atoms with E-state index in [0.717, 1.165) is 0 Å². The average Bonchev–Trinajstić information content (AvgIpc) is 2.77. The molecule has 0 spiro atoms. The maximum absolute atomic E-state index is 11.8. The molecule has 0 radical (unpaired) electrons. The Labute approximate surface area is 108 Å². The molecule has 1 rings (SSSR count). The van der Waals surface area contributed by atoms with Gasteiger partial charge in [-0.1, -0.05) is 13.8 Å². The highest BCUT2D eigenvalue weighted by Gasteiger charge is 2.33. The van der Waals surface area contributed by atoms with Gasteiger partial charge in [-0.3, -0.25) is 4.79 Å².